The molecule has 0 amide bonds. The molecule has 0 fully saturated rings. The summed E-state index contributed by atoms with van der Waals surface area (Å²) < 4.78 is 0. The monoisotopic (exact) mass is 183 g/mol. The molecule has 0 atom stereocenters. The van der Waals surface area contributed by atoms with Crippen LogP contribution in [0, 0.1) is 0 Å². The molecule has 0 aromatic rings. The van der Waals surface area contributed by atoms with E-state index in [9.17, 15) is 4.79 Å². The van der Waals surface area contributed by atoms with Crippen LogP contribution in [0.3, 0.4) is 0 Å². The maximum atomic E-state index is 9.60. The second kappa shape index (κ2) is 12.1. The number of carbonyl (C=O) groups is 1. The molecule has 0 aromatic heterocycles. The Bertz CT molecular complexity index is 102. The highest BCUT2D eigenvalue weighted by atomic mass is 35.5. The van der Waals surface area contributed by atoms with Gasteiger partial charge >= 0.3 is 5.97 Å². The quantitative estimate of drug-likeness (QED) is 0.527. The molecule has 0 radical (unpaired) electrons. The van der Waals surface area contributed by atoms with E-state index in [4.69, 9.17) is 15.9 Å². The summed E-state index contributed by atoms with van der Waals surface area (Å²) in [5.41, 5.74) is 4.95. The first-order valence-corrected chi connectivity index (χ1v) is 2.76. The minimum Gasteiger partial charge on any atom is -0.478 e. The number of aliphatic hydroxyl groups is 1. The molecule has 0 aromatic carbocycles. The van der Waals surface area contributed by atoms with Crippen molar-refractivity contribution >= 4 is 18.4 Å². The molecule has 0 saturated carbocycles. The SMILES string of the molecule is C=C(C)C(=O)O.Cl.NCCO. The minimum atomic E-state index is -0.935. The second-order valence-electron chi connectivity index (χ2n) is 1.60. The molecule has 0 rings (SSSR count). The van der Waals surface area contributed by atoms with Crippen molar-refractivity contribution in [1.29, 1.82) is 0 Å². The largest absolute Gasteiger partial charge is 0.478 e. The number of halogens is 1. The second-order valence-corrected chi connectivity index (χ2v) is 1.60. The Morgan fingerprint density at radius 3 is 1.82 bits per heavy atom. The summed E-state index contributed by atoms with van der Waals surface area (Å²) in [6, 6.07) is 0. The Labute approximate surface area is 72.1 Å². The van der Waals surface area contributed by atoms with Crippen LogP contribution in [-0.2, 0) is 4.79 Å². The van der Waals surface area contributed by atoms with Gasteiger partial charge in [0.05, 0.1) is 6.61 Å². The Morgan fingerprint density at radius 1 is 1.64 bits per heavy atom. The zero-order valence-corrected chi connectivity index (χ0v) is 7.23. The first kappa shape index (κ1) is 16.8. The maximum Gasteiger partial charge on any atom is 0.330 e. The van der Waals surface area contributed by atoms with Crippen LogP contribution in [0.15, 0.2) is 12.2 Å². The number of rotatable bonds is 2. The lowest BCUT2D eigenvalue weighted by molar-refractivity contribution is -0.132. The molecule has 0 heterocycles. The van der Waals surface area contributed by atoms with Crippen LogP contribution in [0.25, 0.3) is 0 Å². The van der Waals surface area contributed by atoms with E-state index in [1.165, 1.54) is 6.92 Å². The van der Waals surface area contributed by atoms with Crippen LogP contribution in [-0.4, -0.2) is 29.3 Å². The minimum absolute atomic E-state index is 0. The Kier molecular flexibility index (Phi) is 18.5. The third-order valence-electron chi connectivity index (χ3n) is 0.494. The molecule has 11 heavy (non-hydrogen) atoms. The van der Waals surface area contributed by atoms with Crippen molar-refractivity contribution in [2.24, 2.45) is 5.73 Å². The summed E-state index contributed by atoms with van der Waals surface area (Å²) in [6.45, 7) is 5.07. The fourth-order valence-corrected chi connectivity index (χ4v) is 0. The van der Waals surface area contributed by atoms with E-state index in [0.29, 0.717) is 6.54 Å². The van der Waals surface area contributed by atoms with E-state index in [0.717, 1.165) is 0 Å². The fraction of sp³-hybridized carbons (Fsp3) is 0.500. The Morgan fingerprint density at radius 2 is 1.82 bits per heavy atom. The molecule has 0 aliphatic rings. The molecule has 0 bridgehead atoms. The zero-order chi connectivity index (χ0) is 8.57. The van der Waals surface area contributed by atoms with Gasteiger partial charge in [-0.05, 0) is 6.92 Å². The summed E-state index contributed by atoms with van der Waals surface area (Å²) in [5.74, 6) is -0.935. The van der Waals surface area contributed by atoms with E-state index in [-0.39, 0.29) is 24.6 Å². The number of hydrogen-bond acceptors (Lipinski definition) is 3. The maximum absolute atomic E-state index is 9.60. The van der Waals surface area contributed by atoms with Crippen molar-refractivity contribution in [3.05, 3.63) is 12.2 Å². The number of carboxylic acids is 1. The number of nitrogens with two attached hydrogens (primary N) is 1. The van der Waals surface area contributed by atoms with Gasteiger partial charge in [0.15, 0.2) is 0 Å². The molecule has 0 unspecified atom stereocenters. The Hall–Kier alpha value is -0.580. The normalized spacial score (nSPS) is 6.82. The topological polar surface area (TPSA) is 83.5 Å². The van der Waals surface area contributed by atoms with E-state index in [1.807, 2.05) is 0 Å². The van der Waals surface area contributed by atoms with Gasteiger partial charge in [-0.1, -0.05) is 6.58 Å². The average Bonchev–Trinajstić information content (AvgIpc) is 1.89. The first-order chi connectivity index (χ1) is 4.56. The summed E-state index contributed by atoms with van der Waals surface area (Å²) in [7, 11) is 0. The van der Waals surface area contributed by atoms with Crippen molar-refractivity contribution in [2.75, 3.05) is 13.2 Å². The van der Waals surface area contributed by atoms with Gasteiger partial charge in [0.2, 0.25) is 0 Å². The average molecular weight is 184 g/mol. The first-order valence-electron chi connectivity index (χ1n) is 2.76. The molecular weight excluding hydrogens is 170 g/mol. The predicted molar refractivity (Wildman–Crippen MR) is 45.8 cm³/mol. The number of hydrogen-bond donors (Lipinski definition) is 3. The van der Waals surface area contributed by atoms with Gasteiger partial charge in [0.25, 0.3) is 0 Å². The van der Waals surface area contributed by atoms with Crippen molar-refractivity contribution < 1.29 is 15.0 Å². The van der Waals surface area contributed by atoms with Crippen molar-refractivity contribution in [2.45, 2.75) is 6.92 Å². The lowest BCUT2D eigenvalue weighted by atomic mass is 10.4. The number of aliphatic hydroxyl groups excluding tert-OH is 1. The summed E-state index contributed by atoms with van der Waals surface area (Å²) in [6.07, 6.45) is 0. The number of carboxylic acid groups (broad SMARTS) is 1. The van der Waals surface area contributed by atoms with E-state index < -0.39 is 5.97 Å². The van der Waals surface area contributed by atoms with E-state index in [1.54, 1.807) is 0 Å². The van der Waals surface area contributed by atoms with Gasteiger partial charge in [0, 0.05) is 12.1 Å². The fourth-order valence-electron chi connectivity index (χ4n) is 0. The van der Waals surface area contributed by atoms with Gasteiger partial charge < -0.3 is 15.9 Å². The van der Waals surface area contributed by atoms with Gasteiger partial charge in [-0.2, -0.15) is 0 Å². The predicted octanol–water partition coefficient (Wildman–Crippen LogP) is 0.00630. The van der Waals surface area contributed by atoms with Crippen LogP contribution in [0.2, 0.25) is 0 Å². The molecule has 5 heteroatoms. The molecule has 0 saturated heterocycles. The molecule has 0 aliphatic carbocycles. The lowest BCUT2D eigenvalue weighted by Gasteiger charge is -1.79. The number of aliphatic carboxylic acids is 1. The van der Waals surface area contributed by atoms with Crippen molar-refractivity contribution in [1.82, 2.24) is 0 Å². The van der Waals surface area contributed by atoms with Gasteiger partial charge in [-0.3, -0.25) is 0 Å². The molecule has 0 spiro atoms. The molecular formula is C6H14ClNO3. The summed E-state index contributed by atoms with van der Waals surface area (Å²) in [5, 5.41) is 15.6. The Balaban J connectivity index is -0.000000114. The van der Waals surface area contributed by atoms with Crippen molar-refractivity contribution in [3.63, 3.8) is 0 Å². The molecule has 68 valence electrons. The molecule has 4 N–H and O–H groups in total. The highest BCUT2D eigenvalue weighted by molar-refractivity contribution is 5.85. The van der Waals surface area contributed by atoms with Gasteiger partial charge in [-0.15, -0.1) is 12.4 Å². The highest BCUT2D eigenvalue weighted by Crippen LogP contribution is 1.81. The zero-order valence-electron chi connectivity index (χ0n) is 6.41. The van der Waals surface area contributed by atoms with Crippen LogP contribution in [0.5, 0.6) is 0 Å². The summed E-state index contributed by atoms with van der Waals surface area (Å²) in [4.78, 5) is 9.60. The summed E-state index contributed by atoms with van der Waals surface area (Å²) >= 11 is 0. The van der Waals surface area contributed by atoms with Crippen LogP contribution < -0.4 is 5.73 Å². The standard InChI is InChI=1S/C4H6O2.C2H7NO.ClH/c1-3(2)4(5)6;3-1-2-4;/h1H2,2H3,(H,5,6);4H,1-3H2;1H. The smallest absolute Gasteiger partial charge is 0.330 e. The lowest BCUT2D eigenvalue weighted by Crippen LogP contribution is -2.02. The highest BCUT2D eigenvalue weighted by Gasteiger charge is 1.90. The van der Waals surface area contributed by atoms with Crippen LogP contribution >= 0.6 is 12.4 Å². The third-order valence-corrected chi connectivity index (χ3v) is 0.494. The van der Waals surface area contributed by atoms with Crippen LogP contribution in [0.4, 0.5) is 0 Å². The van der Waals surface area contributed by atoms with Crippen LogP contribution in [0.1, 0.15) is 6.92 Å². The van der Waals surface area contributed by atoms with E-state index >= 15 is 0 Å². The van der Waals surface area contributed by atoms with Gasteiger partial charge in [-0.25, -0.2) is 4.79 Å². The van der Waals surface area contributed by atoms with Gasteiger partial charge in [0.1, 0.15) is 0 Å². The molecule has 0 aliphatic heterocycles. The molecule has 4 nitrogen and oxygen atoms in total. The third kappa shape index (κ3) is 26.5. The van der Waals surface area contributed by atoms with Crippen molar-refractivity contribution in [3.8, 4) is 0 Å². The van der Waals surface area contributed by atoms with E-state index in [2.05, 4.69) is 6.58 Å².